The van der Waals surface area contributed by atoms with Crippen LogP contribution < -0.4 is 4.90 Å². The van der Waals surface area contributed by atoms with E-state index >= 15 is 0 Å². The van der Waals surface area contributed by atoms with Gasteiger partial charge in [0.1, 0.15) is 0 Å². The Hall–Kier alpha value is -2.00. The monoisotopic (exact) mass is 354 g/mol. The molecule has 0 heterocycles. The highest BCUT2D eigenvalue weighted by atomic mass is 79.9. The SMILES string of the molecule is CN(c1ccc(C#N)cc1)c1cc(Br)ccc1C(F)(F)F. The summed E-state index contributed by atoms with van der Waals surface area (Å²) in [5, 5.41) is 8.75. The van der Waals surface area contributed by atoms with E-state index in [-0.39, 0.29) is 5.69 Å². The van der Waals surface area contributed by atoms with Crippen LogP contribution in [0.5, 0.6) is 0 Å². The maximum Gasteiger partial charge on any atom is 0.418 e. The Labute approximate surface area is 128 Å². The van der Waals surface area contributed by atoms with Gasteiger partial charge >= 0.3 is 6.18 Å². The van der Waals surface area contributed by atoms with Crippen LogP contribution in [-0.2, 0) is 6.18 Å². The van der Waals surface area contributed by atoms with Crippen molar-refractivity contribution in [2.24, 2.45) is 0 Å². The van der Waals surface area contributed by atoms with Gasteiger partial charge in [-0.05, 0) is 42.5 Å². The lowest BCUT2D eigenvalue weighted by molar-refractivity contribution is -0.137. The summed E-state index contributed by atoms with van der Waals surface area (Å²) < 4.78 is 39.8. The number of anilines is 2. The quantitative estimate of drug-likeness (QED) is 0.749. The normalized spacial score (nSPS) is 11.0. The molecule has 0 spiro atoms. The van der Waals surface area contributed by atoms with Gasteiger partial charge in [-0.15, -0.1) is 0 Å². The van der Waals surface area contributed by atoms with E-state index < -0.39 is 11.7 Å². The van der Waals surface area contributed by atoms with Crippen molar-refractivity contribution >= 4 is 27.3 Å². The molecule has 0 atom stereocenters. The molecule has 0 aliphatic heterocycles. The van der Waals surface area contributed by atoms with Crippen LogP contribution >= 0.6 is 15.9 Å². The molecule has 0 saturated carbocycles. The number of hydrogen-bond acceptors (Lipinski definition) is 2. The van der Waals surface area contributed by atoms with E-state index in [0.29, 0.717) is 15.7 Å². The molecule has 0 aliphatic carbocycles. The van der Waals surface area contributed by atoms with Gasteiger partial charge in [0.2, 0.25) is 0 Å². The van der Waals surface area contributed by atoms with Crippen molar-refractivity contribution < 1.29 is 13.2 Å². The second-order valence-electron chi connectivity index (χ2n) is 4.38. The molecule has 0 amide bonds. The van der Waals surface area contributed by atoms with Crippen molar-refractivity contribution in [1.29, 1.82) is 5.26 Å². The lowest BCUT2D eigenvalue weighted by Crippen LogP contribution is -2.16. The second-order valence-corrected chi connectivity index (χ2v) is 5.29. The Kier molecular flexibility index (Phi) is 4.24. The summed E-state index contributed by atoms with van der Waals surface area (Å²) in [7, 11) is 1.55. The summed E-state index contributed by atoms with van der Waals surface area (Å²) in [6, 6.07) is 12.1. The Balaban J connectivity index is 2.49. The zero-order valence-corrected chi connectivity index (χ0v) is 12.5. The van der Waals surface area contributed by atoms with Gasteiger partial charge < -0.3 is 4.90 Å². The minimum atomic E-state index is -4.43. The van der Waals surface area contributed by atoms with Crippen LogP contribution in [0.3, 0.4) is 0 Å². The molecular formula is C15H10BrF3N2. The van der Waals surface area contributed by atoms with Crippen molar-refractivity contribution in [3.05, 3.63) is 58.1 Å². The largest absolute Gasteiger partial charge is 0.418 e. The van der Waals surface area contributed by atoms with Gasteiger partial charge in [-0.1, -0.05) is 15.9 Å². The average molecular weight is 355 g/mol. The van der Waals surface area contributed by atoms with E-state index in [0.717, 1.165) is 6.07 Å². The fourth-order valence-electron chi connectivity index (χ4n) is 1.92. The summed E-state index contributed by atoms with van der Waals surface area (Å²) >= 11 is 3.19. The van der Waals surface area contributed by atoms with Crippen molar-refractivity contribution in [2.45, 2.75) is 6.18 Å². The van der Waals surface area contributed by atoms with E-state index in [9.17, 15) is 13.2 Å². The summed E-state index contributed by atoms with van der Waals surface area (Å²) in [6.45, 7) is 0. The van der Waals surface area contributed by atoms with Crippen molar-refractivity contribution in [3.8, 4) is 6.07 Å². The molecule has 0 fully saturated rings. The average Bonchev–Trinajstić information content (AvgIpc) is 2.45. The number of alkyl halides is 3. The van der Waals surface area contributed by atoms with Crippen LogP contribution in [0.1, 0.15) is 11.1 Å². The summed E-state index contributed by atoms with van der Waals surface area (Å²) in [6.07, 6.45) is -4.43. The van der Waals surface area contributed by atoms with Gasteiger partial charge in [0, 0.05) is 17.2 Å². The van der Waals surface area contributed by atoms with E-state index in [1.165, 1.54) is 17.0 Å². The van der Waals surface area contributed by atoms with Gasteiger partial charge in [0.05, 0.1) is 22.9 Å². The molecule has 6 heteroatoms. The van der Waals surface area contributed by atoms with Gasteiger partial charge in [-0.3, -0.25) is 0 Å². The molecule has 2 nitrogen and oxygen atoms in total. The van der Waals surface area contributed by atoms with E-state index in [4.69, 9.17) is 5.26 Å². The van der Waals surface area contributed by atoms with Gasteiger partial charge in [0.15, 0.2) is 0 Å². The number of hydrogen-bond donors (Lipinski definition) is 0. The molecule has 0 saturated heterocycles. The first-order valence-corrected chi connectivity index (χ1v) is 6.73. The Bertz CT molecular complexity index is 688. The van der Waals surface area contributed by atoms with Crippen LogP contribution in [0.4, 0.5) is 24.5 Å². The lowest BCUT2D eigenvalue weighted by Gasteiger charge is -2.24. The Morgan fingerprint density at radius 2 is 1.71 bits per heavy atom. The Morgan fingerprint density at radius 1 is 1.10 bits per heavy atom. The molecule has 0 N–H and O–H groups in total. The first-order chi connectivity index (χ1) is 9.82. The molecule has 108 valence electrons. The predicted octanol–water partition coefficient (Wildman–Crippen LogP) is 5.11. The molecule has 21 heavy (non-hydrogen) atoms. The third-order valence-corrected chi connectivity index (χ3v) is 3.50. The highest BCUT2D eigenvalue weighted by Crippen LogP contribution is 2.39. The van der Waals surface area contributed by atoms with Crippen LogP contribution in [-0.4, -0.2) is 7.05 Å². The number of nitrogens with zero attached hydrogens (tertiary/aromatic N) is 2. The minimum Gasteiger partial charge on any atom is -0.344 e. The van der Waals surface area contributed by atoms with Crippen LogP contribution in [0.15, 0.2) is 46.9 Å². The van der Waals surface area contributed by atoms with Gasteiger partial charge in [-0.2, -0.15) is 18.4 Å². The maximum atomic E-state index is 13.1. The fraction of sp³-hybridized carbons (Fsp3) is 0.133. The third-order valence-electron chi connectivity index (χ3n) is 3.01. The smallest absolute Gasteiger partial charge is 0.344 e. The molecule has 0 unspecified atom stereocenters. The molecule has 2 aromatic rings. The van der Waals surface area contributed by atoms with Gasteiger partial charge in [-0.25, -0.2) is 0 Å². The van der Waals surface area contributed by atoms with Crippen molar-refractivity contribution in [3.63, 3.8) is 0 Å². The molecular weight excluding hydrogens is 345 g/mol. The molecule has 0 aromatic heterocycles. The Morgan fingerprint density at radius 3 is 2.24 bits per heavy atom. The summed E-state index contributed by atoms with van der Waals surface area (Å²) in [4.78, 5) is 1.44. The van der Waals surface area contributed by atoms with E-state index in [1.807, 2.05) is 6.07 Å². The van der Waals surface area contributed by atoms with E-state index in [2.05, 4.69) is 15.9 Å². The molecule has 0 bridgehead atoms. The zero-order valence-electron chi connectivity index (χ0n) is 10.9. The fourth-order valence-corrected chi connectivity index (χ4v) is 2.27. The number of halogens is 4. The molecule has 2 rings (SSSR count). The minimum absolute atomic E-state index is 0.0431. The van der Waals surface area contributed by atoms with Crippen LogP contribution in [0.25, 0.3) is 0 Å². The number of nitriles is 1. The maximum absolute atomic E-state index is 13.1. The predicted molar refractivity (Wildman–Crippen MR) is 78.4 cm³/mol. The van der Waals surface area contributed by atoms with E-state index in [1.54, 1.807) is 31.3 Å². The summed E-state index contributed by atoms with van der Waals surface area (Å²) in [5.41, 5.74) is 0.356. The van der Waals surface area contributed by atoms with Crippen molar-refractivity contribution in [2.75, 3.05) is 11.9 Å². The molecule has 2 aromatic carbocycles. The van der Waals surface area contributed by atoms with Crippen LogP contribution in [0.2, 0.25) is 0 Å². The standard InChI is InChI=1S/C15H10BrF3N2/c1-21(12-5-2-10(9-20)3-6-12)14-8-11(16)4-7-13(14)15(17,18)19/h2-8H,1H3. The highest BCUT2D eigenvalue weighted by molar-refractivity contribution is 9.10. The molecule has 0 radical (unpaired) electrons. The van der Waals surface area contributed by atoms with Gasteiger partial charge in [0.25, 0.3) is 0 Å². The first kappa shape index (κ1) is 15.4. The topological polar surface area (TPSA) is 27.0 Å². The molecule has 0 aliphatic rings. The van der Waals surface area contributed by atoms with Crippen LogP contribution in [0, 0.1) is 11.3 Å². The summed E-state index contributed by atoms with van der Waals surface area (Å²) in [5.74, 6) is 0. The third kappa shape index (κ3) is 3.37. The van der Waals surface area contributed by atoms with Crippen molar-refractivity contribution in [1.82, 2.24) is 0 Å². The lowest BCUT2D eigenvalue weighted by atomic mass is 10.1. The first-order valence-electron chi connectivity index (χ1n) is 5.93. The zero-order chi connectivity index (χ0) is 15.6. The number of rotatable bonds is 2. The highest BCUT2D eigenvalue weighted by Gasteiger charge is 2.34. The number of benzene rings is 2. The second kappa shape index (κ2) is 5.78.